The third kappa shape index (κ3) is 4.31. The minimum atomic E-state index is -0.850. The fraction of sp³-hybridized carbons (Fsp3) is 0.176. The summed E-state index contributed by atoms with van der Waals surface area (Å²) in [4.78, 5) is 33.8. The van der Waals surface area contributed by atoms with Crippen molar-refractivity contribution in [3.63, 3.8) is 0 Å². The predicted molar refractivity (Wildman–Crippen MR) is 86.9 cm³/mol. The highest BCUT2D eigenvalue weighted by Gasteiger charge is 2.22. The zero-order valence-electron chi connectivity index (χ0n) is 13.6. The van der Waals surface area contributed by atoms with Crippen LogP contribution in [0.1, 0.15) is 27.6 Å². The SMILES string of the molecule is CCOC(=O)c1cccc(Oc2ccc([N+](=O)[O-])c(C(=O)OC)c2)c1. The first kappa shape index (κ1) is 17.9. The molecule has 2 aromatic carbocycles. The minimum Gasteiger partial charge on any atom is -0.465 e. The predicted octanol–water partition coefficient (Wildman–Crippen LogP) is 3.35. The van der Waals surface area contributed by atoms with Crippen LogP contribution < -0.4 is 4.74 Å². The van der Waals surface area contributed by atoms with Gasteiger partial charge >= 0.3 is 11.9 Å². The molecular weight excluding hydrogens is 330 g/mol. The molecule has 130 valence electrons. The number of ether oxygens (including phenoxy) is 3. The lowest BCUT2D eigenvalue weighted by atomic mass is 10.1. The molecule has 2 aromatic rings. The molecular formula is C17H15NO7. The molecule has 0 aromatic heterocycles. The Hall–Kier alpha value is -3.42. The maximum Gasteiger partial charge on any atom is 0.345 e. The summed E-state index contributed by atoms with van der Waals surface area (Å²) in [5, 5.41) is 11.0. The molecule has 8 heteroatoms. The van der Waals surface area contributed by atoms with Crippen LogP contribution in [0.3, 0.4) is 0 Å². The summed E-state index contributed by atoms with van der Waals surface area (Å²) in [6.45, 7) is 1.94. The number of hydrogen-bond acceptors (Lipinski definition) is 7. The zero-order chi connectivity index (χ0) is 18.4. The van der Waals surface area contributed by atoms with Crippen LogP contribution in [0.25, 0.3) is 0 Å². The van der Waals surface area contributed by atoms with Crippen molar-refractivity contribution in [2.75, 3.05) is 13.7 Å². The van der Waals surface area contributed by atoms with E-state index in [0.29, 0.717) is 11.3 Å². The molecule has 0 bridgehead atoms. The first-order valence-electron chi connectivity index (χ1n) is 7.28. The van der Waals surface area contributed by atoms with E-state index in [1.165, 1.54) is 18.2 Å². The lowest BCUT2D eigenvalue weighted by Crippen LogP contribution is -2.06. The molecule has 0 aliphatic carbocycles. The van der Waals surface area contributed by atoms with Crippen molar-refractivity contribution in [1.82, 2.24) is 0 Å². The van der Waals surface area contributed by atoms with Crippen molar-refractivity contribution in [3.8, 4) is 11.5 Å². The smallest absolute Gasteiger partial charge is 0.345 e. The van der Waals surface area contributed by atoms with Gasteiger partial charge in [0.15, 0.2) is 0 Å². The molecule has 0 aliphatic rings. The topological polar surface area (TPSA) is 105 Å². The van der Waals surface area contributed by atoms with Gasteiger partial charge in [-0.15, -0.1) is 0 Å². The maximum absolute atomic E-state index is 11.7. The Morgan fingerprint density at radius 1 is 1.08 bits per heavy atom. The van der Waals surface area contributed by atoms with Crippen LogP contribution in [0.15, 0.2) is 42.5 Å². The molecule has 0 atom stereocenters. The van der Waals surface area contributed by atoms with E-state index in [9.17, 15) is 19.7 Å². The van der Waals surface area contributed by atoms with E-state index >= 15 is 0 Å². The van der Waals surface area contributed by atoms with Gasteiger partial charge in [-0.25, -0.2) is 9.59 Å². The highest BCUT2D eigenvalue weighted by molar-refractivity contribution is 5.94. The number of hydrogen-bond donors (Lipinski definition) is 0. The summed E-state index contributed by atoms with van der Waals surface area (Å²) in [5.41, 5.74) is -0.319. The second kappa shape index (κ2) is 7.91. The van der Waals surface area contributed by atoms with Crippen LogP contribution in [0.2, 0.25) is 0 Å². The molecule has 0 unspecified atom stereocenters. The quantitative estimate of drug-likeness (QED) is 0.449. The second-order valence-corrected chi connectivity index (χ2v) is 4.78. The Labute approximate surface area is 143 Å². The fourth-order valence-electron chi connectivity index (χ4n) is 2.05. The van der Waals surface area contributed by atoms with E-state index in [4.69, 9.17) is 9.47 Å². The van der Waals surface area contributed by atoms with Crippen LogP contribution in [-0.2, 0) is 9.47 Å². The van der Waals surface area contributed by atoms with Crippen LogP contribution in [0, 0.1) is 10.1 Å². The van der Waals surface area contributed by atoms with Crippen molar-refractivity contribution in [3.05, 3.63) is 63.7 Å². The molecule has 0 N–H and O–H groups in total. The summed E-state index contributed by atoms with van der Waals surface area (Å²) in [6.07, 6.45) is 0. The van der Waals surface area contributed by atoms with E-state index in [1.54, 1.807) is 25.1 Å². The number of benzene rings is 2. The van der Waals surface area contributed by atoms with Gasteiger partial charge in [0.2, 0.25) is 0 Å². The largest absolute Gasteiger partial charge is 0.465 e. The molecule has 0 amide bonds. The number of rotatable bonds is 6. The van der Waals surface area contributed by atoms with Gasteiger partial charge in [0.05, 0.1) is 24.2 Å². The van der Waals surface area contributed by atoms with Gasteiger partial charge in [-0.2, -0.15) is 0 Å². The molecule has 0 saturated heterocycles. The van der Waals surface area contributed by atoms with Gasteiger partial charge in [-0.1, -0.05) is 6.07 Å². The lowest BCUT2D eigenvalue weighted by molar-refractivity contribution is -0.385. The van der Waals surface area contributed by atoms with Crippen LogP contribution in [0.5, 0.6) is 11.5 Å². The third-order valence-corrected chi connectivity index (χ3v) is 3.15. The van der Waals surface area contributed by atoms with Crippen molar-refractivity contribution in [2.24, 2.45) is 0 Å². The van der Waals surface area contributed by atoms with Gasteiger partial charge in [0.25, 0.3) is 5.69 Å². The second-order valence-electron chi connectivity index (χ2n) is 4.78. The van der Waals surface area contributed by atoms with Crippen molar-refractivity contribution in [1.29, 1.82) is 0 Å². The van der Waals surface area contributed by atoms with Gasteiger partial charge in [0, 0.05) is 12.1 Å². The van der Waals surface area contributed by atoms with Gasteiger partial charge in [0.1, 0.15) is 17.1 Å². The molecule has 0 spiro atoms. The Morgan fingerprint density at radius 3 is 2.44 bits per heavy atom. The van der Waals surface area contributed by atoms with Crippen LogP contribution >= 0.6 is 0 Å². The molecule has 0 fully saturated rings. The third-order valence-electron chi connectivity index (χ3n) is 3.15. The average molecular weight is 345 g/mol. The zero-order valence-corrected chi connectivity index (χ0v) is 13.6. The molecule has 0 saturated carbocycles. The van der Waals surface area contributed by atoms with Crippen LogP contribution in [-0.4, -0.2) is 30.6 Å². The van der Waals surface area contributed by atoms with E-state index in [-0.39, 0.29) is 23.6 Å². The molecule has 0 heterocycles. The minimum absolute atomic E-state index is 0.187. The van der Waals surface area contributed by atoms with E-state index in [1.807, 2.05) is 0 Å². The van der Waals surface area contributed by atoms with Crippen LogP contribution in [0.4, 0.5) is 5.69 Å². The summed E-state index contributed by atoms with van der Waals surface area (Å²) in [7, 11) is 1.13. The molecule has 0 radical (unpaired) electrons. The number of nitro groups is 1. The van der Waals surface area contributed by atoms with E-state index in [0.717, 1.165) is 13.2 Å². The van der Waals surface area contributed by atoms with Gasteiger partial charge < -0.3 is 14.2 Å². The molecule has 25 heavy (non-hydrogen) atoms. The monoisotopic (exact) mass is 345 g/mol. The summed E-state index contributed by atoms with van der Waals surface area (Å²) in [6, 6.07) is 9.95. The van der Waals surface area contributed by atoms with Gasteiger partial charge in [-0.05, 0) is 31.2 Å². The fourth-order valence-corrected chi connectivity index (χ4v) is 2.05. The van der Waals surface area contributed by atoms with Crippen molar-refractivity contribution >= 4 is 17.6 Å². The number of nitro benzene ring substituents is 1. The van der Waals surface area contributed by atoms with E-state index in [2.05, 4.69) is 4.74 Å². The van der Waals surface area contributed by atoms with Crippen molar-refractivity contribution in [2.45, 2.75) is 6.92 Å². The number of nitrogens with zero attached hydrogens (tertiary/aromatic N) is 1. The maximum atomic E-state index is 11.7. The Kier molecular flexibility index (Phi) is 5.67. The highest BCUT2D eigenvalue weighted by atomic mass is 16.6. The first-order valence-corrected chi connectivity index (χ1v) is 7.28. The normalized spacial score (nSPS) is 10.0. The summed E-state index contributed by atoms with van der Waals surface area (Å²) >= 11 is 0. The summed E-state index contributed by atoms with van der Waals surface area (Å²) < 4.78 is 15.0. The number of carbonyl (C=O) groups excluding carboxylic acids is 2. The first-order chi connectivity index (χ1) is 12.0. The number of methoxy groups -OCH3 is 1. The molecule has 8 nitrogen and oxygen atoms in total. The average Bonchev–Trinajstić information content (AvgIpc) is 2.61. The Balaban J connectivity index is 2.31. The Bertz CT molecular complexity index is 816. The number of esters is 2. The van der Waals surface area contributed by atoms with E-state index < -0.39 is 16.9 Å². The lowest BCUT2D eigenvalue weighted by Gasteiger charge is -2.09. The standard InChI is InChI=1S/C17H15NO7/c1-3-24-16(19)11-5-4-6-12(9-11)25-13-7-8-15(18(21)22)14(10-13)17(20)23-2/h4-10H,3H2,1-2H3. The highest BCUT2D eigenvalue weighted by Crippen LogP contribution is 2.28. The number of carbonyl (C=O) groups is 2. The molecule has 2 rings (SSSR count). The summed E-state index contributed by atoms with van der Waals surface area (Å²) in [5.74, 6) is -0.841. The molecule has 0 aliphatic heterocycles. The van der Waals surface area contributed by atoms with Gasteiger partial charge in [-0.3, -0.25) is 10.1 Å². The van der Waals surface area contributed by atoms with Crippen molar-refractivity contribution < 1.29 is 28.7 Å². The Morgan fingerprint density at radius 2 is 1.80 bits per heavy atom.